The van der Waals surface area contributed by atoms with E-state index in [9.17, 15) is 4.79 Å². The summed E-state index contributed by atoms with van der Waals surface area (Å²) in [5.74, 6) is 0.125. The Hall–Kier alpha value is -0.610. The summed E-state index contributed by atoms with van der Waals surface area (Å²) < 4.78 is 5.61. The molecule has 86 valence electrons. The molecule has 4 heteroatoms. The molecular formula is C11H20N2O2. The molecule has 2 aliphatic carbocycles. The van der Waals surface area contributed by atoms with Crippen molar-refractivity contribution in [1.82, 2.24) is 5.32 Å². The van der Waals surface area contributed by atoms with Crippen LogP contribution >= 0.6 is 0 Å². The van der Waals surface area contributed by atoms with Crippen molar-refractivity contribution in [2.75, 3.05) is 6.61 Å². The molecule has 0 spiro atoms. The highest BCUT2D eigenvalue weighted by atomic mass is 16.5. The zero-order valence-corrected chi connectivity index (χ0v) is 9.08. The van der Waals surface area contributed by atoms with E-state index in [0.717, 1.165) is 32.1 Å². The van der Waals surface area contributed by atoms with Crippen molar-refractivity contribution in [2.24, 2.45) is 5.73 Å². The number of ether oxygens (including phenoxy) is 1. The van der Waals surface area contributed by atoms with Crippen molar-refractivity contribution in [3.8, 4) is 0 Å². The molecule has 0 heterocycles. The van der Waals surface area contributed by atoms with Crippen molar-refractivity contribution in [3.63, 3.8) is 0 Å². The molecular weight excluding hydrogens is 192 g/mol. The van der Waals surface area contributed by atoms with Crippen LogP contribution in [0, 0.1) is 0 Å². The average molecular weight is 212 g/mol. The molecule has 0 bridgehead atoms. The Morgan fingerprint density at radius 1 is 1.33 bits per heavy atom. The minimum absolute atomic E-state index is 0.125. The van der Waals surface area contributed by atoms with E-state index in [4.69, 9.17) is 10.5 Å². The summed E-state index contributed by atoms with van der Waals surface area (Å²) in [7, 11) is 0. The first-order valence-corrected chi connectivity index (χ1v) is 5.90. The third kappa shape index (κ3) is 3.80. The smallest absolute Gasteiger partial charge is 0.222 e. The lowest BCUT2D eigenvalue weighted by atomic mass is 10.3. The summed E-state index contributed by atoms with van der Waals surface area (Å²) in [6, 6.07) is 0.757. The molecule has 2 rings (SSSR count). The average Bonchev–Trinajstić information content (AvgIpc) is 2.89. The molecule has 2 aliphatic rings. The van der Waals surface area contributed by atoms with Crippen LogP contribution in [0.25, 0.3) is 0 Å². The van der Waals surface area contributed by atoms with Gasteiger partial charge in [0.2, 0.25) is 5.91 Å². The Morgan fingerprint density at radius 2 is 2.13 bits per heavy atom. The molecule has 2 saturated carbocycles. The Bertz CT molecular complexity index is 229. The number of carbonyl (C=O) groups is 1. The monoisotopic (exact) mass is 212 g/mol. The van der Waals surface area contributed by atoms with E-state index in [1.54, 1.807) is 0 Å². The first kappa shape index (κ1) is 10.9. The van der Waals surface area contributed by atoms with Crippen LogP contribution < -0.4 is 11.1 Å². The number of hydrogen-bond donors (Lipinski definition) is 2. The second-order valence-corrected chi connectivity index (χ2v) is 4.66. The molecule has 1 amide bonds. The fraction of sp³-hybridized carbons (Fsp3) is 0.909. The second-order valence-electron chi connectivity index (χ2n) is 4.66. The van der Waals surface area contributed by atoms with Crippen molar-refractivity contribution < 1.29 is 9.53 Å². The van der Waals surface area contributed by atoms with Gasteiger partial charge in [0.15, 0.2) is 0 Å². The minimum Gasteiger partial charge on any atom is -0.378 e. The summed E-state index contributed by atoms with van der Waals surface area (Å²) >= 11 is 0. The highest BCUT2D eigenvalue weighted by Gasteiger charge is 2.24. The molecule has 0 radical (unpaired) electrons. The van der Waals surface area contributed by atoms with Gasteiger partial charge in [-0.05, 0) is 32.1 Å². The van der Waals surface area contributed by atoms with Gasteiger partial charge in [0, 0.05) is 18.5 Å². The number of carbonyl (C=O) groups excluding carboxylic acids is 1. The van der Waals surface area contributed by atoms with Gasteiger partial charge in [0.25, 0.3) is 0 Å². The quantitative estimate of drug-likeness (QED) is 0.699. The SMILES string of the molecule is NC1CCC(OCCC(=O)NC2CC2)C1. The summed E-state index contributed by atoms with van der Waals surface area (Å²) in [5.41, 5.74) is 5.77. The highest BCUT2D eigenvalue weighted by Crippen LogP contribution is 2.21. The molecule has 0 aromatic rings. The molecule has 0 aromatic carbocycles. The predicted molar refractivity (Wildman–Crippen MR) is 57.3 cm³/mol. The van der Waals surface area contributed by atoms with Crippen LogP contribution in [-0.2, 0) is 9.53 Å². The summed E-state index contributed by atoms with van der Waals surface area (Å²) in [5, 5.41) is 2.94. The predicted octanol–water partition coefficient (Wildman–Crippen LogP) is 0.551. The lowest BCUT2D eigenvalue weighted by molar-refractivity contribution is -0.122. The maximum Gasteiger partial charge on any atom is 0.222 e. The number of nitrogens with one attached hydrogen (secondary N) is 1. The number of amides is 1. The molecule has 15 heavy (non-hydrogen) atoms. The van der Waals surface area contributed by atoms with Crippen LogP contribution in [-0.4, -0.2) is 30.7 Å². The van der Waals surface area contributed by atoms with Crippen LogP contribution in [0.2, 0.25) is 0 Å². The normalized spacial score (nSPS) is 30.5. The Kier molecular flexibility index (Phi) is 3.59. The third-order valence-electron chi connectivity index (χ3n) is 3.05. The lowest BCUT2D eigenvalue weighted by Gasteiger charge is -2.11. The first-order valence-electron chi connectivity index (χ1n) is 5.90. The van der Waals surface area contributed by atoms with Gasteiger partial charge in [-0.25, -0.2) is 0 Å². The zero-order valence-electron chi connectivity index (χ0n) is 9.08. The molecule has 4 nitrogen and oxygen atoms in total. The molecule has 3 N–H and O–H groups in total. The van der Waals surface area contributed by atoms with Crippen molar-refractivity contribution in [3.05, 3.63) is 0 Å². The largest absolute Gasteiger partial charge is 0.378 e. The van der Waals surface area contributed by atoms with Crippen LogP contribution in [0.15, 0.2) is 0 Å². The first-order chi connectivity index (χ1) is 7.24. The Labute approximate surface area is 90.5 Å². The van der Waals surface area contributed by atoms with Gasteiger partial charge in [0.05, 0.1) is 12.7 Å². The standard InChI is InChI=1S/C11H20N2O2/c12-8-1-4-10(7-8)15-6-5-11(14)13-9-2-3-9/h8-10H,1-7,12H2,(H,13,14). The van der Waals surface area contributed by atoms with Crippen LogP contribution in [0.1, 0.15) is 38.5 Å². The number of rotatable bonds is 5. The lowest BCUT2D eigenvalue weighted by Crippen LogP contribution is -2.27. The maximum atomic E-state index is 11.3. The maximum absolute atomic E-state index is 11.3. The number of hydrogen-bond acceptors (Lipinski definition) is 3. The van der Waals surface area contributed by atoms with Crippen molar-refractivity contribution in [1.29, 1.82) is 0 Å². The summed E-state index contributed by atoms with van der Waals surface area (Å²) in [6.45, 7) is 0.538. The molecule has 2 unspecified atom stereocenters. The Morgan fingerprint density at radius 3 is 2.73 bits per heavy atom. The minimum atomic E-state index is 0.125. The molecule has 2 fully saturated rings. The van der Waals surface area contributed by atoms with Crippen LogP contribution in [0.4, 0.5) is 0 Å². The van der Waals surface area contributed by atoms with Crippen molar-refractivity contribution >= 4 is 5.91 Å². The van der Waals surface area contributed by atoms with Crippen molar-refractivity contribution in [2.45, 2.75) is 56.7 Å². The summed E-state index contributed by atoms with van der Waals surface area (Å²) in [4.78, 5) is 11.3. The molecule has 0 aliphatic heterocycles. The van der Waals surface area contributed by atoms with E-state index in [2.05, 4.69) is 5.32 Å². The fourth-order valence-corrected chi connectivity index (χ4v) is 1.97. The fourth-order valence-electron chi connectivity index (χ4n) is 1.97. The molecule has 0 saturated heterocycles. The van der Waals surface area contributed by atoms with E-state index in [0.29, 0.717) is 25.1 Å². The summed E-state index contributed by atoms with van der Waals surface area (Å²) in [6.07, 6.45) is 6.11. The number of nitrogens with two attached hydrogens (primary N) is 1. The van der Waals surface area contributed by atoms with Crippen LogP contribution in [0.3, 0.4) is 0 Å². The molecule has 0 aromatic heterocycles. The van der Waals surface area contributed by atoms with E-state index < -0.39 is 0 Å². The van der Waals surface area contributed by atoms with E-state index in [-0.39, 0.29) is 12.0 Å². The van der Waals surface area contributed by atoms with Gasteiger partial charge in [-0.2, -0.15) is 0 Å². The van der Waals surface area contributed by atoms with Crippen LogP contribution in [0.5, 0.6) is 0 Å². The second kappa shape index (κ2) is 4.94. The van der Waals surface area contributed by atoms with E-state index in [1.165, 1.54) is 0 Å². The van der Waals surface area contributed by atoms with E-state index in [1.807, 2.05) is 0 Å². The zero-order chi connectivity index (χ0) is 10.7. The van der Waals surface area contributed by atoms with Gasteiger partial charge in [-0.15, -0.1) is 0 Å². The Balaban J connectivity index is 1.52. The van der Waals surface area contributed by atoms with Gasteiger partial charge in [-0.1, -0.05) is 0 Å². The van der Waals surface area contributed by atoms with Gasteiger partial charge >= 0.3 is 0 Å². The van der Waals surface area contributed by atoms with Gasteiger partial charge in [0.1, 0.15) is 0 Å². The third-order valence-corrected chi connectivity index (χ3v) is 3.05. The van der Waals surface area contributed by atoms with Gasteiger partial charge < -0.3 is 15.8 Å². The topological polar surface area (TPSA) is 64.3 Å². The molecule has 2 atom stereocenters. The highest BCUT2D eigenvalue weighted by molar-refractivity contribution is 5.76. The van der Waals surface area contributed by atoms with Gasteiger partial charge in [-0.3, -0.25) is 4.79 Å². The van der Waals surface area contributed by atoms with E-state index >= 15 is 0 Å².